The first kappa shape index (κ1) is 11.2. The fourth-order valence-electron chi connectivity index (χ4n) is 0.484. The maximum Gasteiger partial charge on any atom is 0.0722 e. The number of hydrogen-bond acceptors (Lipinski definition) is 2. The van der Waals surface area contributed by atoms with Crippen LogP contribution in [-0.2, 0) is 0 Å². The molecule has 68 valence electrons. The van der Waals surface area contributed by atoms with Gasteiger partial charge in [0.05, 0.1) is 5.54 Å². The zero-order valence-electron chi connectivity index (χ0n) is 8.31. The molecule has 4 N–H and O–H groups in total. The van der Waals surface area contributed by atoms with Crippen molar-refractivity contribution in [3.63, 3.8) is 0 Å². The molecule has 0 bridgehead atoms. The molecule has 0 atom stereocenters. The van der Waals surface area contributed by atoms with Gasteiger partial charge in [-0.25, -0.2) is 0 Å². The molecule has 0 aromatic carbocycles. The summed E-state index contributed by atoms with van der Waals surface area (Å²) in [4.78, 5) is 0. The highest BCUT2D eigenvalue weighted by molar-refractivity contribution is 5.23. The van der Waals surface area contributed by atoms with E-state index in [1.54, 1.807) is 6.08 Å². The van der Waals surface area contributed by atoms with Crippen LogP contribution < -0.4 is 11.5 Å². The summed E-state index contributed by atoms with van der Waals surface area (Å²) in [6.07, 6.45) is 3.60. The third-order valence-corrected chi connectivity index (χ3v) is 0.991. The van der Waals surface area contributed by atoms with Crippen molar-refractivity contribution >= 4 is 0 Å². The molecule has 0 heterocycles. The maximum absolute atomic E-state index is 5.70. The van der Waals surface area contributed by atoms with Crippen molar-refractivity contribution in [2.24, 2.45) is 11.5 Å². The molecule has 0 aromatic heterocycles. The van der Waals surface area contributed by atoms with Gasteiger partial charge in [0.25, 0.3) is 0 Å². The number of rotatable bonds is 1. The second-order valence-corrected chi connectivity index (χ2v) is 4.15. The van der Waals surface area contributed by atoms with Gasteiger partial charge in [-0.2, -0.15) is 0 Å². The van der Waals surface area contributed by atoms with Crippen molar-refractivity contribution in [2.45, 2.75) is 38.8 Å². The minimum absolute atomic E-state index is 0.298. The van der Waals surface area contributed by atoms with Crippen LogP contribution in [0.15, 0.2) is 12.2 Å². The molecule has 0 aliphatic carbocycles. The number of nitrogens with two attached hydrogens (primary N) is 2. The SMILES string of the molecule is CC(C)(N)C#C/C=C/C(C)(C)N. The minimum atomic E-state index is -0.427. The molecule has 0 saturated heterocycles. The summed E-state index contributed by atoms with van der Waals surface area (Å²) in [7, 11) is 0. The molecule has 0 aromatic rings. The van der Waals surface area contributed by atoms with Gasteiger partial charge in [0.2, 0.25) is 0 Å². The first-order valence-corrected chi connectivity index (χ1v) is 3.99. The largest absolute Gasteiger partial charge is 0.322 e. The standard InChI is InChI=1S/C10H18N2/c1-9(2,11)7-5-6-8-10(3,4)12/h5,7H,11-12H2,1-4H3/b7-5+. The maximum atomic E-state index is 5.70. The fourth-order valence-corrected chi connectivity index (χ4v) is 0.484. The van der Waals surface area contributed by atoms with Crippen LogP contribution in [-0.4, -0.2) is 11.1 Å². The molecular weight excluding hydrogens is 148 g/mol. The van der Waals surface area contributed by atoms with Crippen LogP contribution in [0.1, 0.15) is 27.7 Å². The average Bonchev–Trinajstić information content (AvgIpc) is 1.76. The lowest BCUT2D eigenvalue weighted by atomic mass is 10.1. The Kier molecular flexibility index (Phi) is 3.51. The van der Waals surface area contributed by atoms with Crippen molar-refractivity contribution in [1.29, 1.82) is 0 Å². The first-order chi connectivity index (χ1) is 5.21. The van der Waals surface area contributed by atoms with E-state index >= 15 is 0 Å². The molecule has 0 spiro atoms. The summed E-state index contributed by atoms with van der Waals surface area (Å²) in [5.41, 5.74) is 10.6. The quantitative estimate of drug-likeness (QED) is 0.571. The summed E-state index contributed by atoms with van der Waals surface area (Å²) in [5.74, 6) is 5.73. The van der Waals surface area contributed by atoms with Crippen LogP contribution in [0.3, 0.4) is 0 Å². The molecule has 0 rings (SSSR count). The van der Waals surface area contributed by atoms with Crippen LogP contribution in [0.2, 0.25) is 0 Å². The lowest BCUT2D eigenvalue weighted by Crippen LogP contribution is -2.29. The van der Waals surface area contributed by atoms with Gasteiger partial charge in [-0.3, -0.25) is 0 Å². The Hall–Kier alpha value is -0.780. The predicted molar refractivity (Wildman–Crippen MR) is 53.4 cm³/mol. The van der Waals surface area contributed by atoms with Gasteiger partial charge < -0.3 is 11.5 Å². The average molecular weight is 166 g/mol. The lowest BCUT2D eigenvalue weighted by Gasteiger charge is -2.10. The Balaban J connectivity index is 4.13. The summed E-state index contributed by atoms with van der Waals surface area (Å²) in [5, 5.41) is 0. The smallest absolute Gasteiger partial charge is 0.0722 e. The molecule has 2 nitrogen and oxygen atoms in total. The van der Waals surface area contributed by atoms with Crippen LogP contribution in [0.25, 0.3) is 0 Å². The summed E-state index contributed by atoms with van der Waals surface area (Å²) < 4.78 is 0. The van der Waals surface area contributed by atoms with E-state index in [0.717, 1.165) is 0 Å². The third kappa shape index (κ3) is 9.22. The van der Waals surface area contributed by atoms with E-state index in [2.05, 4.69) is 11.8 Å². The predicted octanol–water partition coefficient (Wildman–Crippen LogP) is 1.02. The van der Waals surface area contributed by atoms with E-state index < -0.39 is 5.54 Å². The van der Waals surface area contributed by atoms with Gasteiger partial charge >= 0.3 is 0 Å². The Bertz CT molecular complexity index is 215. The van der Waals surface area contributed by atoms with Crippen molar-refractivity contribution in [2.75, 3.05) is 0 Å². The number of allylic oxidation sites excluding steroid dienone is 1. The second kappa shape index (κ2) is 3.75. The topological polar surface area (TPSA) is 52.0 Å². The zero-order chi connectivity index (χ0) is 9.83. The normalized spacial score (nSPS) is 12.8. The molecule has 0 aliphatic heterocycles. The van der Waals surface area contributed by atoms with E-state index in [1.807, 2.05) is 33.8 Å². The van der Waals surface area contributed by atoms with Crippen molar-refractivity contribution in [1.82, 2.24) is 0 Å². The highest BCUT2D eigenvalue weighted by Crippen LogP contribution is 1.97. The molecule has 2 heteroatoms. The minimum Gasteiger partial charge on any atom is -0.322 e. The van der Waals surface area contributed by atoms with E-state index in [9.17, 15) is 0 Å². The van der Waals surface area contributed by atoms with Crippen LogP contribution >= 0.6 is 0 Å². The highest BCUT2D eigenvalue weighted by Gasteiger charge is 2.04. The summed E-state index contributed by atoms with van der Waals surface area (Å²) in [6, 6.07) is 0. The van der Waals surface area contributed by atoms with Crippen molar-refractivity contribution in [3.05, 3.63) is 12.2 Å². The Morgan fingerprint density at radius 3 is 1.92 bits per heavy atom. The van der Waals surface area contributed by atoms with Gasteiger partial charge in [-0.15, -0.1) is 0 Å². The fraction of sp³-hybridized carbons (Fsp3) is 0.600. The van der Waals surface area contributed by atoms with Gasteiger partial charge in [0, 0.05) is 5.54 Å². The van der Waals surface area contributed by atoms with Crippen LogP contribution in [0, 0.1) is 11.8 Å². The van der Waals surface area contributed by atoms with E-state index in [-0.39, 0.29) is 5.54 Å². The molecule has 0 radical (unpaired) electrons. The molecule has 0 amide bonds. The molecule has 0 saturated carbocycles. The zero-order valence-corrected chi connectivity index (χ0v) is 8.31. The second-order valence-electron chi connectivity index (χ2n) is 4.15. The molecular formula is C10H18N2. The van der Waals surface area contributed by atoms with Gasteiger partial charge in [0.15, 0.2) is 0 Å². The van der Waals surface area contributed by atoms with E-state index in [4.69, 9.17) is 11.5 Å². The Labute approximate surface area is 75.0 Å². The molecule has 0 aliphatic rings. The van der Waals surface area contributed by atoms with E-state index in [0.29, 0.717) is 0 Å². The van der Waals surface area contributed by atoms with Crippen molar-refractivity contribution < 1.29 is 0 Å². The third-order valence-electron chi connectivity index (χ3n) is 0.991. The lowest BCUT2D eigenvalue weighted by molar-refractivity contribution is 0.654. The van der Waals surface area contributed by atoms with Crippen LogP contribution in [0.5, 0.6) is 0 Å². The monoisotopic (exact) mass is 166 g/mol. The van der Waals surface area contributed by atoms with Gasteiger partial charge in [0.1, 0.15) is 0 Å². The molecule has 0 unspecified atom stereocenters. The Morgan fingerprint density at radius 1 is 1.08 bits per heavy atom. The first-order valence-electron chi connectivity index (χ1n) is 3.99. The number of hydrogen-bond donors (Lipinski definition) is 2. The van der Waals surface area contributed by atoms with E-state index in [1.165, 1.54) is 0 Å². The van der Waals surface area contributed by atoms with Gasteiger partial charge in [-0.1, -0.05) is 17.9 Å². The van der Waals surface area contributed by atoms with Gasteiger partial charge in [-0.05, 0) is 33.8 Å². The van der Waals surface area contributed by atoms with Crippen LogP contribution in [0.4, 0.5) is 0 Å². The summed E-state index contributed by atoms with van der Waals surface area (Å²) >= 11 is 0. The molecule has 12 heavy (non-hydrogen) atoms. The highest BCUT2D eigenvalue weighted by atomic mass is 14.7. The Morgan fingerprint density at radius 2 is 1.58 bits per heavy atom. The molecule has 0 fully saturated rings. The summed E-state index contributed by atoms with van der Waals surface area (Å²) in [6.45, 7) is 7.56. The van der Waals surface area contributed by atoms with Crippen molar-refractivity contribution in [3.8, 4) is 11.8 Å².